The van der Waals surface area contributed by atoms with Gasteiger partial charge in [-0.05, 0) is 38.5 Å². The second-order valence-electron chi connectivity index (χ2n) is 4.84. The lowest BCUT2D eigenvalue weighted by molar-refractivity contribution is 0.0525. The minimum Gasteiger partial charge on any atom is -0.446 e. The summed E-state index contributed by atoms with van der Waals surface area (Å²) in [4.78, 5) is 13.5. The summed E-state index contributed by atoms with van der Waals surface area (Å²) in [5.41, 5.74) is 0. The Hall–Kier alpha value is -1.24. The molecule has 1 saturated carbocycles. The molecule has 1 aliphatic carbocycles. The second kappa shape index (κ2) is 4.73. The van der Waals surface area contributed by atoms with Crippen molar-refractivity contribution >= 4 is 6.09 Å². The smallest absolute Gasteiger partial charge is 0.410 e. The number of hydrogen-bond donors (Lipinski definition) is 0. The van der Waals surface area contributed by atoms with E-state index >= 15 is 0 Å². The van der Waals surface area contributed by atoms with Gasteiger partial charge in [0.25, 0.3) is 0 Å². The maximum atomic E-state index is 11.8. The van der Waals surface area contributed by atoms with Crippen LogP contribution in [0.5, 0.6) is 0 Å². The van der Waals surface area contributed by atoms with E-state index in [4.69, 9.17) is 10.00 Å². The van der Waals surface area contributed by atoms with Crippen LogP contribution in [0, 0.1) is 23.2 Å². The normalized spacial score (nSPS) is 27.0. The van der Waals surface area contributed by atoms with E-state index in [0.717, 1.165) is 19.4 Å². The quantitative estimate of drug-likeness (QED) is 0.719. The van der Waals surface area contributed by atoms with Crippen molar-refractivity contribution in [3.8, 4) is 6.07 Å². The third kappa shape index (κ3) is 2.66. The van der Waals surface area contributed by atoms with Crippen LogP contribution in [0.1, 0.15) is 32.6 Å². The summed E-state index contributed by atoms with van der Waals surface area (Å²) in [7, 11) is 0. The van der Waals surface area contributed by atoms with Gasteiger partial charge in [-0.2, -0.15) is 5.26 Å². The summed E-state index contributed by atoms with van der Waals surface area (Å²) in [5.74, 6) is 0.554. The van der Waals surface area contributed by atoms with Gasteiger partial charge < -0.3 is 9.64 Å². The van der Waals surface area contributed by atoms with Gasteiger partial charge in [0, 0.05) is 13.1 Å². The second-order valence-corrected chi connectivity index (χ2v) is 4.84. The lowest BCUT2D eigenvalue weighted by Gasteiger charge is -2.29. The van der Waals surface area contributed by atoms with Crippen LogP contribution < -0.4 is 0 Å². The Morgan fingerprint density at radius 3 is 2.88 bits per heavy atom. The number of likely N-dealkylation sites (tertiary alicyclic amines) is 1. The number of ether oxygens (including phenoxy) is 1. The van der Waals surface area contributed by atoms with Crippen LogP contribution in [-0.4, -0.2) is 30.2 Å². The number of amides is 1. The Kier molecular flexibility index (Phi) is 3.33. The Balaban J connectivity index is 1.81. The minimum atomic E-state index is -0.237. The van der Waals surface area contributed by atoms with Crippen molar-refractivity contribution in [2.24, 2.45) is 11.8 Å². The molecule has 0 aromatic heterocycles. The first-order valence-corrected chi connectivity index (χ1v) is 6.06. The standard InChI is InChI=1S/C12H18N2O2/c1-9(11-4-5-11)16-12(15)14-6-2-3-10(7-13)8-14/h9-11H,2-6,8H2,1H3. The molecule has 0 spiro atoms. The van der Waals surface area contributed by atoms with E-state index in [9.17, 15) is 4.79 Å². The number of nitriles is 1. The summed E-state index contributed by atoms with van der Waals surface area (Å²) in [6.07, 6.45) is 3.96. The highest BCUT2D eigenvalue weighted by Gasteiger charge is 2.32. The molecule has 4 heteroatoms. The number of piperidine rings is 1. The van der Waals surface area contributed by atoms with Gasteiger partial charge in [0.05, 0.1) is 12.0 Å². The van der Waals surface area contributed by atoms with Crippen LogP contribution in [0.2, 0.25) is 0 Å². The molecule has 0 aromatic carbocycles. The van der Waals surface area contributed by atoms with Crippen LogP contribution in [0.3, 0.4) is 0 Å². The molecule has 2 rings (SSSR count). The third-order valence-corrected chi connectivity index (χ3v) is 3.43. The fourth-order valence-electron chi connectivity index (χ4n) is 2.14. The van der Waals surface area contributed by atoms with E-state index in [1.54, 1.807) is 4.90 Å². The molecule has 4 nitrogen and oxygen atoms in total. The van der Waals surface area contributed by atoms with Gasteiger partial charge in [-0.15, -0.1) is 0 Å². The molecule has 1 amide bonds. The Bertz CT molecular complexity index is 307. The average molecular weight is 222 g/mol. The first-order valence-electron chi connectivity index (χ1n) is 6.06. The molecule has 0 aromatic rings. The molecule has 1 aliphatic heterocycles. The van der Waals surface area contributed by atoms with E-state index in [0.29, 0.717) is 12.5 Å². The molecule has 2 aliphatic rings. The van der Waals surface area contributed by atoms with Gasteiger partial charge in [-0.1, -0.05) is 0 Å². The van der Waals surface area contributed by atoms with E-state index in [2.05, 4.69) is 6.07 Å². The molecule has 2 fully saturated rings. The Morgan fingerprint density at radius 1 is 1.50 bits per heavy atom. The number of carbonyl (C=O) groups excluding carboxylic acids is 1. The number of nitrogens with zero attached hydrogens (tertiary/aromatic N) is 2. The highest BCUT2D eigenvalue weighted by Crippen LogP contribution is 2.34. The maximum Gasteiger partial charge on any atom is 0.410 e. The van der Waals surface area contributed by atoms with Gasteiger partial charge in [-0.25, -0.2) is 4.79 Å². The van der Waals surface area contributed by atoms with Gasteiger partial charge >= 0.3 is 6.09 Å². The minimum absolute atomic E-state index is 0.0162. The predicted molar refractivity (Wildman–Crippen MR) is 58.6 cm³/mol. The monoisotopic (exact) mass is 222 g/mol. The predicted octanol–water partition coefficient (Wildman–Crippen LogP) is 2.16. The highest BCUT2D eigenvalue weighted by atomic mass is 16.6. The van der Waals surface area contributed by atoms with Crippen LogP contribution in [0.25, 0.3) is 0 Å². The van der Waals surface area contributed by atoms with Crippen LogP contribution >= 0.6 is 0 Å². The molecule has 16 heavy (non-hydrogen) atoms. The zero-order valence-corrected chi connectivity index (χ0v) is 9.69. The molecule has 0 bridgehead atoms. The first kappa shape index (κ1) is 11.3. The van der Waals surface area contributed by atoms with Gasteiger partial charge in [0.15, 0.2) is 0 Å². The molecule has 2 unspecified atom stereocenters. The fraction of sp³-hybridized carbons (Fsp3) is 0.833. The lowest BCUT2D eigenvalue weighted by Crippen LogP contribution is -2.41. The first-order chi connectivity index (χ1) is 7.70. The lowest BCUT2D eigenvalue weighted by atomic mass is 10.0. The molecule has 2 atom stereocenters. The van der Waals surface area contributed by atoms with Crippen molar-refractivity contribution < 1.29 is 9.53 Å². The molecule has 1 saturated heterocycles. The topological polar surface area (TPSA) is 53.3 Å². The summed E-state index contributed by atoms with van der Waals surface area (Å²) in [6.45, 7) is 3.22. The van der Waals surface area contributed by atoms with Crippen molar-refractivity contribution in [3.05, 3.63) is 0 Å². The summed E-state index contributed by atoms with van der Waals surface area (Å²) >= 11 is 0. The van der Waals surface area contributed by atoms with Gasteiger partial charge in [0.1, 0.15) is 6.10 Å². The van der Waals surface area contributed by atoms with Gasteiger partial charge in [-0.3, -0.25) is 0 Å². The SMILES string of the molecule is CC(OC(=O)N1CCCC(C#N)C1)C1CC1. The molecule has 88 valence electrons. The largest absolute Gasteiger partial charge is 0.446 e. The van der Waals surface area contributed by atoms with Crippen molar-refractivity contribution in [1.82, 2.24) is 4.90 Å². The fourth-order valence-corrected chi connectivity index (χ4v) is 2.14. The van der Waals surface area contributed by atoms with Crippen LogP contribution in [-0.2, 0) is 4.74 Å². The Labute approximate surface area is 96.2 Å². The number of carbonyl (C=O) groups is 1. The number of hydrogen-bond acceptors (Lipinski definition) is 3. The summed E-state index contributed by atoms with van der Waals surface area (Å²) < 4.78 is 5.38. The molecular formula is C12H18N2O2. The van der Waals surface area contributed by atoms with Crippen LogP contribution in [0.4, 0.5) is 4.79 Å². The summed E-state index contributed by atoms with van der Waals surface area (Å²) in [5, 5.41) is 8.84. The van der Waals surface area contributed by atoms with Crippen molar-refractivity contribution in [2.75, 3.05) is 13.1 Å². The number of rotatable bonds is 2. The molecule has 1 heterocycles. The van der Waals surface area contributed by atoms with E-state index in [1.165, 1.54) is 12.8 Å². The zero-order valence-electron chi connectivity index (χ0n) is 9.69. The average Bonchev–Trinajstić information content (AvgIpc) is 3.13. The molecule has 0 N–H and O–H groups in total. The van der Waals surface area contributed by atoms with Crippen molar-refractivity contribution in [2.45, 2.75) is 38.7 Å². The third-order valence-electron chi connectivity index (χ3n) is 3.43. The van der Waals surface area contributed by atoms with Gasteiger partial charge in [0.2, 0.25) is 0 Å². The molecule has 0 radical (unpaired) electrons. The van der Waals surface area contributed by atoms with E-state index in [1.807, 2.05) is 6.92 Å². The summed E-state index contributed by atoms with van der Waals surface area (Å²) in [6, 6.07) is 2.23. The van der Waals surface area contributed by atoms with Crippen LogP contribution in [0.15, 0.2) is 0 Å². The zero-order chi connectivity index (χ0) is 11.5. The van der Waals surface area contributed by atoms with E-state index < -0.39 is 0 Å². The van der Waals surface area contributed by atoms with Crippen molar-refractivity contribution in [3.63, 3.8) is 0 Å². The molecular weight excluding hydrogens is 204 g/mol. The van der Waals surface area contributed by atoms with Crippen molar-refractivity contribution in [1.29, 1.82) is 5.26 Å². The highest BCUT2D eigenvalue weighted by molar-refractivity contribution is 5.68. The maximum absolute atomic E-state index is 11.8. The van der Waals surface area contributed by atoms with E-state index in [-0.39, 0.29) is 18.1 Å². The Morgan fingerprint density at radius 2 is 2.25 bits per heavy atom.